The van der Waals surface area contributed by atoms with Gasteiger partial charge in [0.1, 0.15) is 5.15 Å². The first-order chi connectivity index (χ1) is 12.1. The Morgan fingerprint density at radius 2 is 2.04 bits per heavy atom. The first-order valence-electron chi connectivity index (χ1n) is 7.31. The van der Waals surface area contributed by atoms with Crippen LogP contribution in [0.5, 0.6) is 0 Å². The number of aryl methyl sites for hydroxylation is 1. The molecule has 0 atom stereocenters. The normalized spacial score (nSPS) is 10.4. The maximum Gasteiger partial charge on any atom is 0.267 e. The Morgan fingerprint density at radius 1 is 1.16 bits per heavy atom. The fourth-order valence-electron chi connectivity index (χ4n) is 1.96. The molecule has 0 saturated carbocycles. The summed E-state index contributed by atoms with van der Waals surface area (Å²) >= 11 is 8.41. The molecule has 0 bridgehead atoms. The number of pyridine rings is 1. The van der Waals surface area contributed by atoms with E-state index in [1.165, 1.54) is 28.9 Å². The van der Waals surface area contributed by atoms with Crippen molar-refractivity contribution in [2.24, 2.45) is 0 Å². The van der Waals surface area contributed by atoms with Crippen molar-refractivity contribution in [1.29, 1.82) is 0 Å². The second-order valence-electron chi connectivity index (χ2n) is 4.99. The zero-order valence-electron chi connectivity index (χ0n) is 12.9. The molecule has 9 heteroatoms. The SMILES string of the molecule is O=C(CCc1csc(NC(=O)c2cccs2)n1)Nc1ccc(Cl)nc1. The topological polar surface area (TPSA) is 84.0 Å². The van der Waals surface area contributed by atoms with Gasteiger partial charge in [-0.3, -0.25) is 14.9 Å². The van der Waals surface area contributed by atoms with E-state index >= 15 is 0 Å². The molecule has 3 heterocycles. The molecule has 2 N–H and O–H groups in total. The number of anilines is 2. The Kier molecular flexibility index (Phi) is 5.75. The molecule has 0 saturated heterocycles. The summed E-state index contributed by atoms with van der Waals surface area (Å²) in [7, 11) is 0. The molecule has 0 aliphatic rings. The third-order valence-corrected chi connectivity index (χ3v) is 5.04. The number of carbonyl (C=O) groups is 2. The highest BCUT2D eigenvalue weighted by Crippen LogP contribution is 2.19. The first kappa shape index (κ1) is 17.5. The molecule has 25 heavy (non-hydrogen) atoms. The molecule has 0 aromatic carbocycles. The number of halogens is 1. The highest BCUT2D eigenvalue weighted by Gasteiger charge is 2.11. The molecular formula is C16H13ClN4O2S2. The van der Waals surface area contributed by atoms with Crippen LogP contribution in [-0.2, 0) is 11.2 Å². The second kappa shape index (κ2) is 8.19. The minimum Gasteiger partial charge on any atom is -0.325 e. The van der Waals surface area contributed by atoms with Crippen molar-refractivity contribution in [2.75, 3.05) is 10.6 Å². The quantitative estimate of drug-likeness (QED) is 0.619. The van der Waals surface area contributed by atoms with Gasteiger partial charge in [-0.25, -0.2) is 9.97 Å². The Balaban J connectivity index is 1.49. The number of thiophene rings is 1. The summed E-state index contributed by atoms with van der Waals surface area (Å²) in [5, 5.41) is 10.1. The van der Waals surface area contributed by atoms with Gasteiger partial charge in [-0.2, -0.15) is 0 Å². The summed E-state index contributed by atoms with van der Waals surface area (Å²) in [6.45, 7) is 0. The molecule has 128 valence electrons. The monoisotopic (exact) mass is 392 g/mol. The highest BCUT2D eigenvalue weighted by molar-refractivity contribution is 7.14. The largest absolute Gasteiger partial charge is 0.325 e. The predicted molar refractivity (Wildman–Crippen MR) is 101 cm³/mol. The molecule has 3 aromatic rings. The lowest BCUT2D eigenvalue weighted by Gasteiger charge is -2.03. The number of nitrogens with zero attached hydrogens (tertiary/aromatic N) is 2. The number of aromatic nitrogens is 2. The lowest BCUT2D eigenvalue weighted by molar-refractivity contribution is -0.116. The molecule has 0 radical (unpaired) electrons. The van der Waals surface area contributed by atoms with Crippen molar-refractivity contribution >= 4 is 56.9 Å². The Morgan fingerprint density at radius 3 is 2.76 bits per heavy atom. The van der Waals surface area contributed by atoms with Crippen molar-refractivity contribution in [2.45, 2.75) is 12.8 Å². The number of rotatable bonds is 6. The standard InChI is InChI=1S/C16H13ClN4O2S2/c17-13-5-3-10(8-18-13)19-14(22)6-4-11-9-25-16(20-11)21-15(23)12-2-1-7-24-12/h1-3,5,7-9H,4,6H2,(H,19,22)(H,20,21,23). The Bertz CT molecular complexity index is 863. The van der Waals surface area contributed by atoms with E-state index in [1.807, 2.05) is 16.8 Å². The smallest absolute Gasteiger partial charge is 0.267 e. The zero-order chi connectivity index (χ0) is 17.6. The summed E-state index contributed by atoms with van der Waals surface area (Å²) in [5.74, 6) is -0.315. The average Bonchev–Trinajstić information content (AvgIpc) is 3.27. The lowest BCUT2D eigenvalue weighted by atomic mass is 10.2. The maximum absolute atomic E-state index is 12.0. The van der Waals surface area contributed by atoms with Gasteiger partial charge in [0.2, 0.25) is 5.91 Å². The number of nitrogens with one attached hydrogen (secondary N) is 2. The molecule has 2 amide bonds. The average molecular weight is 393 g/mol. The number of amides is 2. The van der Waals surface area contributed by atoms with E-state index in [9.17, 15) is 9.59 Å². The number of thiazole rings is 1. The number of carbonyl (C=O) groups excluding carboxylic acids is 2. The minimum absolute atomic E-state index is 0.138. The number of hydrogen-bond donors (Lipinski definition) is 2. The molecule has 0 aliphatic heterocycles. The van der Waals surface area contributed by atoms with Crippen LogP contribution < -0.4 is 10.6 Å². The van der Waals surface area contributed by atoms with Crippen LogP contribution in [0.4, 0.5) is 10.8 Å². The molecule has 3 aromatic heterocycles. The van der Waals surface area contributed by atoms with Crippen LogP contribution >= 0.6 is 34.3 Å². The predicted octanol–water partition coefficient (Wildman–Crippen LogP) is 4.08. The van der Waals surface area contributed by atoms with E-state index in [-0.39, 0.29) is 18.2 Å². The molecule has 0 aliphatic carbocycles. The molecule has 0 fully saturated rings. The van der Waals surface area contributed by atoms with Crippen molar-refractivity contribution in [3.05, 3.63) is 56.9 Å². The Hall–Kier alpha value is -2.29. The van der Waals surface area contributed by atoms with Crippen molar-refractivity contribution in [1.82, 2.24) is 9.97 Å². The highest BCUT2D eigenvalue weighted by atomic mass is 35.5. The van der Waals surface area contributed by atoms with E-state index in [4.69, 9.17) is 11.6 Å². The van der Waals surface area contributed by atoms with Gasteiger partial charge in [-0.15, -0.1) is 22.7 Å². The van der Waals surface area contributed by atoms with Gasteiger partial charge >= 0.3 is 0 Å². The van der Waals surface area contributed by atoms with Crippen LogP contribution in [0.3, 0.4) is 0 Å². The van der Waals surface area contributed by atoms with Crippen LogP contribution in [0.25, 0.3) is 0 Å². The van der Waals surface area contributed by atoms with Crippen LogP contribution in [-0.4, -0.2) is 21.8 Å². The van der Waals surface area contributed by atoms with Crippen LogP contribution in [0.1, 0.15) is 21.8 Å². The van der Waals surface area contributed by atoms with E-state index in [2.05, 4.69) is 20.6 Å². The van der Waals surface area contributed by atoms with Crippen molar-refractivity contribution in [3.63, 3.8) is 0 Å². The molecular weight excluding hydrogens is 380 g/mol. The van der Waals surface area contributed by atoms with Crippen molar-refractivity contribution in [3.8, 4) is 0 Å². The van der Waals surface area contributed by atoms with Gasteiger partial charge in [0.15, 0.2) is 5.13 Å². The van der Waals surface area contributed by atoms with E-state index < -0.39 is 0 Å². The lowest BCUT2D eigenvalue weighted by Crippen LogP contribution is -2.13. The molecule has 0 unspecified atom stereocenters. The van der Waals surface area contributed by atoms with Crippen LogP contribution in [0.15, 0.2) is 41.2 Å². The van der Waals surface area contributed by atoms with Gasteiger partial charge < -0.3 is 5.32 Å². The van der Waals surface area contributed by atoms with Gasteiger partial charge in [0.05, 0.1) is 22.5 Å². The number of hydrogen-bond acceptors (Lipinski definition) is 6. The molecule has 6 nitrogen and oxygen atoms in total. The second-order valence-corrected chi connectivity index (χ2v) is 7.19. The fraction of sp³-hybridized carbons (Fsp3) is 0.125. The summed E-state index contributed by atoms with van der Waals surface area (Å²) < 4.78 is 0. The molecule has 0 spiro atoms. The zero-order valence-corrected chi connectivity index (χ0v) is 15.2. The van der Waals surface area contributed by atoms with Crippen LogP contribution in [0, 0.1) is 0 Å². The van der Waals surface area contributed by atoms with Gasteiger partial charge in [-0.1, -0.05) is 17.7 Å². The van der Waals surface area contributed by atoms with E-state index in [0.29, 0.717) is 27.3 Å². The summed E-state index contributed by atoms with van der Waals surface area (Å²) in [4.78, 5) is 32.8. The van der Waals surface area contributed by atoms with Gasteiger partial charge in [0, 0.05) is 11.8 Å². The third-order valence-electron chi connectivity index (χ3n) is 3.14. The fourth-order valence-corrected chi connectivity index (χ4v) is 3.43. The molecule has 3 rings (SSSR count). The maximum atomic E-state index is 12.0. The minimum atomic E-state index is -0.177. The van der Waals surface area contributed by atoms with Gasteiger partial charge in [0.25, 0.3) is 5.91 Å². The third kappa shape index (κ3) is 5.09. The van der Waals surface area contributed by atoms with E-state index in [1.54, 1.807) is 18.2 Å². The summed E-state index contributed by atoms with van der Waals surface area (Å²) in [6.07, 6.45) is 2.27. The Labute approximate surface area is 156 Å². The van der Waals surface area contributed by atoms with E-state index in [0.717, 1.165) is 5.69 Å². The van der Waals surface area contributed by atoms with Crippen LogP contribution in [0.2, 0.25) is 5.15 Å². The van der Waals surface area contributed by atoms with Crippen molar-refractivity contribution < 1.29 is 9.59 Å². The first-order valence-corrected chi connectivity index (χ1v) is 9.44. The summed E-state index contributed by atoms with van der Waals surface area (Å²) in [6, 6.07) is 6.88. The van der Waals surface area contributed by atoms with Gasteiger partial charge in [-0.05, 0) is 30.0 Å². The summed E-state index contributed by atoms with van der Waals surface area (Å²) in [5.41, 5.74) is 1.35.